The van der Waals surface area contributed by atoms with Crippen LogP contribution in [0.1, 0.15) is 33.6 Å². The van der Waals surface area contributed by atoms with Crippen molar-refractivity contribution in [2.45, 2.75) is 39.7 Å². The summed E-state index contributed by atoms with van der Waals surface area (Å²) in [4.78, 5) is 15.0. The Kier molecular flexibility index (Phi) is 6.23. The summed E-state index contributed by atoms with van der Waals surface area (Å²) in [5.74, 6) is -0.836. The van der Waals surface area contributed by atoms with E-state index in [1.54, 1.807) is 0 Å². The fraction of sp³-hybridized carbons (Fsp3) is 0.929. The standard InChI is InChI=1S/C14H28N2O3/c1-14(2,3)11-16(10-13(18)19)9-12(17)8-15-6-4-5-7-15/h12,17H,4-11H2,1-3H3,(H,18,19). The molecule has 2 N–H and O–H groups in total. The lowest BCUT2D eigenvalue weighted by Gasteiger charge is -2.31. The third-order valence-corrected chi connectivity index (χ3v) is 3.19. The van der Waals surface area contributed by atoms with Crippen molar-refractivity contribution in [1.29, 1.82) is 0 Å². The molecule has 1 saturated heterocycles. The molecule has 5 heteroatoms. The molecule has 0 saturated carbocycles. The van der Waals surface area contributed by atoms with E-state index in [2.05, 4.69) is 25.7 Å². The monoisotopic (exact) mass is 272 g/mol. The van der Waals surface area contributed by atoms with Crippen LogP contribution in [0.5, 0.6) is 0 Å². The highest BCUT2D eigenvalue weighted by atomic mass is 16.4. The summed E-state index contributed by atoms with van der Waals surface area (Å²) in [5.41, 5.74) is 0.0306. The summed E-state index contributed by atoms with van der Waals surface area (Å²) in [6.45, 7) is 10.1. The van der Waals surface area contributed by atoms with Crippen LogP contribution >= 0.6 is 0 Å². The van der Waals surface area contributed by atoms with Gasteiger partial charge in [0.25, 0.3) is 0 Å². The number of nitrogens with zero attached hydrogens (tertiary/aromatic N) is 2. The van der Waals surface area contributed by atoms with Crippen molar-refractivity contribution >= 4 is 5.97 Å². The van der Waals surface area contributed by atoms with Crippen LogP contribution in [0.2, 0.25) is 0 Å². The first kappa shape index (κ1) is 16.4. The van der Waals surface area contributed by atoms with E-state index in [9.17, 15) is 9.90 Å². The van der Waals surface area contributed by atoms with Gasteiger partial charge in [-0.15, -0.1) is 0 Å². The molecular formula is C14H28N2O3. The molecule has 0 aromatic heterocycles. The SMILES string of the molecule is CC(C)(C)CN(CC(=O)O)CC(O)CN1CCCC1. The number of aliphatic hydroxyl groups is 1. The number of rotatable bonds is 7. The number of hydrogen-bond donors (Lipinski definition) is 2. The Bertz CT molecular complexity index is 283. The van der Waals surface area contributed by atoms with E-state index >= 15 is 0 Å². The van der Waals surface area contributed by atoms with Crippen LogP contribution in [-0.2, 0) is 4.79 Å². The second kappa shape index (κ2) is 7.22. The summed E-state index contributed by atoms with van der Waals surface area (Å²) in [5, 5.41) is 19.1. The van der Waals surface area contributed by atoms with E-state index in [4.69, 9.17) is 5.11 Å². The molecule has 19 heavy (non-hydrogen) atoms. The largest absolute Gasteiger partial charge is 0.480 e. The Labute approximate surface area is 116 Å². The topological polar surface area (TPSA) is 64.0 Å². The predicted octanol–water partition coefficient (Wildman–Crippen LogP) is 0.876. The molecule has 0 aromatic carbocycles. The van der Waals surface area contributed by atoms with Crippen molar-refractivity contribution in [2.75, 3.05) is 39.3 Å². The Morgan fingerprint density at radius 2 is 1.89 bits per heavy atom. The number of aliphatic carboxylic acids is 1. The maximum absolute atomic E-state index is 10.9. The molecule has 0 radical (unpaired) electrons. The van der Waals surface area contributed by atoms with E-state index in [1.165, 1.54) is 12.8 Å². The lowest BCUT2D eigenvalue weighted by molar-refractivity contribution is -0.138. The average molecular weight is 272 g/mol. The molecule has 0 spiro atoms. The van der Waals surface area contributed by atoms with Gasteiger partial charge in [-0.2, -0.15) is 0 Å². The van der Waals surface area contributed by atoms with Crippen LogP contribution in [0, 0.1) is 5.41 Å². The molecule has 1 aliphatic rings. The number of carboxylic acid groups (broad SMARTS) is 1. The van der Waals surface area contributed by atoms with Crippen molar-refractivity contribution in [2.24, 2.45) is 5.41 Å². The van der Waals surface area contributed by atoms with Crippen LogP contribution in [0.4, 0.5) is 0 Å². The molecule has 1 atom stereocenters. The predicted molar refractivity (Wildman–Crippen MR) is 75.2 cm³/mol. The Morgan fingerprint density at radius 1 is 1.32 bits per heavy atom. The Balaban J connectivity index is 2.42. The van der Waals surface area contributed by atoms with Gasteiger partial charge in [0, 0.05) is 19.6 Å². The van der Waals surface area contributed by atoms with Gasteiger partial charge in [-0.1, -0.05) is 20.8 Å². The molecule has 0 aliphatic carbocycles. The highest BCUT2D eigenvalue weighted by Crippen LogP contribution is 2.16. The van der Waals surface area contributed by atoms with Crippen LogP contribution in [-0.4, -0.2) is 71.4 Å². The lowest BCUT2D eigenvalue weighted by Crippen LogP contribution is -2.44. The maximum atomic E-state index is 10.9. The molecule has 0 aromatic rings. The second-order valence-corrected chi connectivity index (χ2v) is 6.79. The van der Waals surface area contributed by atoms with Gasteiger partial charge in [-0.25, -0.2) is 0 Å². The fourth-order valence-corrected chi connectivity index (χ4v) is 2.67. The molecule has 112 valence electrons. The van der Waals surface area contributed by atoms with Crippen LogP contribution in [0.3, 0.4) is 0 Å². The average Bonchev–Trinajstić information content (AvgIpc) is 2.65. The molecule has 1 heterocycles. The van der Waals surface area contributed by atoms with Crippen molar-refractivity contribution in [1.82, 2.24) is 9.80 Å². The zero-order valence-electron chi connectivity index (χ0n) is 12.4. The summed E-state index contributed by atoms with van der Waals surface area (Å²) in [7, 11) is 0. The minimum atomic E-state index is -0.836. The van der Waals surface area contributed by atoms with E-state index in [-0.39, 0.29) is 12.0 Å². The van der Waals surface area contributed by atoms with Crippen molar-refractivity contribution in [3.63, 3.8) is 0 Å². The first-order valence-corrected chi connectivity index (χ1v) is 7.11. The summed E-state index contributed by atoms with van der Waals surface area (Å²) >= 11 is 0. The normalized spacial score (nSPS) is 19.0. The van der Waals surface area contributed by atoms with Crippen LogP contribution in [0.15, 0.2) is 0 Å². The zero-order chi connectivity index (χ0) is 14.5. The van der Waals surface area contributed by atoms with Gasteiger partial charge < -0.3 is 15.1 Å². The van der Waals surface area contributed by atoms with E-state index in [1.807, 2.05) is 4.90 Å². The molecule has 1 unspecified atom stereocenters. The number of aliphatic hydroxyl groups excluding tert-OH is 1. The molecule has 1 fully saturated rings. The zero-order valence-corrected chi connectivity index (χ0v) is 12.4. The van der Waals surface area contributed by atoms with Crippen molar-refractivity contribution < 1.29 is 15.0 Å². The van der Waals surface area contributed by atoms with Gasteiger partial charge in [-0.3, -0.25) is 9.69 Å². The van der Waals surface area contributed by atoms with Gasteiger partial charge in [-0.05, 0) is 31.3 Å². The summed E-state index contributed by atoms with van der Waals surface area (Å²) in [6.07, 6.45) is 1.93. The van der Waals surface area contributed by atoms with Gasteiger partial charge in [0.05, 0.1) is 12.6 Å². The molecule has 1 rings (SSSR count). The number of likely N-dealkylation sites (tertiary alicyclic amines) is 1. The van der Waals surface area contributed by atoms with Crippen molar-refractivity contribution in [3.8, 4) is 0 Å². The molecule has 0 bridgehead atoms. The Morgan fingerprint density at radius 3 is 2.37 bits per heavy atom. The third kappa shape index (κ3) is 7.50. The smallest absolute Gasteiger partial charge is 0.317 e. The first-order chi connectivity index (χ1) is 8.76. The van der Waals surface area contributed by atoms with Crippen LogP contribution < -0.4 is 0 Å². The fourth-order valence-electron chi connectivity index (χ4n) is 2.67. The van der Waals surface area contributed by atoms with Crippen LogP contribution in [0.25, 0.3) is 0 Å². The number of hydrogen-bond acceptors (Lipinski definition) is 4. The maximum Gasteiger partial charge on any atom is 0.317 e. The van der Waals surface area contributed by atoms with Gasteiger partial charge >= 0.3 is 5.97 Å². The van der Waals surface area contributed by atoms with E-state index in [0.29, 0.717) is 19.6 Å². The van der Waals surface area contributed by atoms with Gasteiger partial charge in [0.15, 0.2) is 0 Å². The Hall–Kier alpha value is -0.650. The molecule has 0 amide bonds. The number of carboxylic acids is 1. The van der Waals surface area contributed by atoms with Gasteiger partial charge in [0.2, 0.25) is 0 Å². The summed E-state index contributed by atoms with van der Waals surface area (Å²) < 4.78 is 0. The van der Waals surface area contributed by atoms with Gasteiger partial charge in [0.1, 0.15) is 0 Å². The highest BCUT2D eigenvalue weighted by molar-refractivity contribution is 5.69. The van der Waals surface area contributed by atoms with E-state index < -0.39 is 12.1 Å². The molecule has 1 aliphatic heterocycles. The van der Waals surface area contributed by atoms with E-state index in [0.717, 1.165) is 13.1 Å². The quantitative estimate of drug-likeness (QED) is 0.720. The summed E-state index contributed by atoms with van der Waals surface area (Å²) in [6, 6.07) is 0. The minimum absolute atomic E-state index is 0.00562. The lowest BCUT2D eigenvalue weighted by atomic mass is 9.96. The second-order valence-electron chi connectivity index (χ2n) is 6.79. The van der Waals surface area contributed by atoms with Crippen molar-refractivity contribution in [3.05, 3.63) is 0 Å². The third-order valence-electron chi connectivity index (χ3n) is 3.19. The highest BCUT2D eigenvalue weighted by Gasteiger charge is 2.22. The molecular weight excluding hydrogens is 244 g/mol. The minimum Gasteiger partial charge on any atom is -0.480 e. The number of carbonyl (C=O) groups is 1. The molecule has 5 nitrogen and oxygen atoms in total. The number of β-amino-alcohol motifs (C(OH)–C–C–N with tert-alkyl or cyclic N) is 1. The first-order valence-electron chi connectivity index (χ1n) is 7.11.